The maximum Gasteiger partial charge on any atom is 0.416 e. The van der Waals surface area contributed by atoms with Crippen molar-refractivity contribution in [3.8, 4) is 0 Å². The summed E-state index contributed by atoms with van der Waals surface area (Å²) in [5.74, 6) is -0.397. The number of hydrogen-bond donors (Lipinski definition) is 2. The summed E-state index contributed by atoms with van der Waals surface area (Å²) in [6, 6.07) is 3.81. The van der Waals surface area contributed by atoms with Crippen LogP contribution in [0.5, 0.6) is 0 Å². The molecule has 2 rings (SSSR count). The molecule has 0 saturated carbocycles. The fourth-order valence-corrected chi connectivity index (χ4v) is 1.72. The Hall–Kier alpha value is -1.56. The quantitative estimate of drug-likeness (QED) is 0.853. The Morgan fingerprint density at radius 3 is 2.56 bits per heavy atom. The number of alkyl halides is 3. The first kappa shape index (κ1) is 12.9. The molecule has 0 unspecified atom stereocenters. The van der Waals surface area contributed by atoms with Crippen LogP contribution < -0.4 is 10.6 Å². The van der Waals surface area contributed by atoms with Crippen molar-refractivity contribution in [1.29, 1.82) is 0 Å². The van der Waals surface area contributed by atoms with Crippen molar-refractivity contribution in [3.05, 3.63) is 29.3 Å². The van der Waals surface area contributed by atoms with Crippen molar-refractivity contribution in [2.24, 2.45) is 5.92 Å². The molecule has 0 radical (unpaired) electrons. The van der Waals surface area contributed by atoms with Gasteiger partial charge in [0.25, 0.3) is 0 Å². The second kappa shape index (κ2) is 4.61. The average molecular weight is 258 g/mol. The largest absolute Gasteiger partial charge is 0.416 e. The van der Waals surface area contributed by atoms with Gasteiger partial charge in [-0.25, -0.2) is 0 Å². The van der Waals surface area contributed by atoms with Crippen LogP contribution in [0.2, 0.25) is 0 Å². The number of rotatable bonds is 2. The molecule has 1 heterocycles. The Morgan fingerprint density at radius 1 is 1.39 bits per heavy atom. The molecule has 0 spiro atoms. The first-order valence-electron chi connectivity index (χ1n) is 5.57. The standard InChI is InChI=1S/C12H13F3N2O/c1-7-2-3-9(4-10(7)12(13,14)15)17-11(18)8-5-16-6-8/h2-4,8,16H,5-6H2,1H3,(H,17,18). The highest BCUT2D eigenvalue weighted by Crippen LogP contribution is 2.33. The third kappa shape index (κ3) is 2.64. The first-order valence-corrected chi connectivity index (χ1v) is 5.57. The molecule has 1 aliphatic heterocycles. The molecular formula is C12H13F3N2O. The minimum atomic E-state index is -4.40. The minimum absolute atomic E-state index is 0.144. The van der Waals surface area contributed by atoms with Crippen LogP contribution in [0, 0.1) is 12.8 Å². The second-order valence-corrected chi connectivity index (χ2v) is 4.37. The Morgan fingerprint density at radius 2 is 2.06 bits per heavy atom. The summed E-state index contributed by atoms with van der Waals surface area (Å²) < 4.78 is 38.0. The van der Waals surface area contributed by atoms with Crippen molar-refractivity contribution >= 4 is 11.6 Å². The summed E-state index contributed by atoms with van der Waals surface area (Å²) >= 11 is 0. The molecule has 1 aromatic carbocycles. The molecule has 18 heavy (non-hydrogen) atoms. The predicted octanol–water partition coefficient (Wildman–Crippen LogP) is 2.17. The molecule has 0 aromatic heterocycles. The second-order valence-electron chi connectivity index (χ2n) is 4.37. The third-order valence-corrected chi connectivity index (χ3v) is 2.96. The number of amides is 1. The van der Waals surface area contributed by atoms with E-state index < -0.39 is 11.7 Å². The lowest BCUT2D eigenvalue weighted by Gasteiger charge is -2.26. The van der Waals surface area contributed by atoms with Crippen molar-refractivity contribution in [3.63, 3.8) is 0 Å². The van der Waals surface area contributed by atoms with Gasteiger partial charge >= 0.3 is 6.18 Å². The summed E-state index contributed by atoms with van der Waals surface area (Å²) in [5.41, 5.74) is -0.386. The molecule has 2 N–H and O–H groups in total. The zero-order valence-electron chi connectivity index (χ0n) is 9.77. The third-order valence-electron chi connectivity index (χ3n) is 2.96. The molecule has 1 aromatic rings. The number of carbonyl (C=O) groups excluding carboxylic acids is 1. The Bertz CT molecular complexity index is 467. The van der Waals surface area contributed by atoms with E-state index in [9.17, 15) is 18.0 Å². The normalized spacial score (nSPS) is 16.2. The van der Waals surface area contributed by atoms with Gasteiger partial charge < -0.3 is 10.6 Å². The Labute approximate surface area is 102 Å². The van der Waals surface area contributed by atoms with Gasteiger partial charge in [0.2, 0.25) is 5.91 Å². The molecule has 0 atom stereocenters. The fraction of sp³-hybridized carbons (Fsp3) is 0.417. The van der Waals surface area contributed by atoms with Crippen LogP contribution in [0.4, 0.5) is 18.9 Å². The van der Waals surface area contributed by atoms with Gasteiger partial charge in [0.15, 0.2) is 0 Å². The molecule has 6 heteroatoms. The van der Waals surface area contributed by atoms with Crippen LogP contribution in [-0.2, 0) is 11.0 Å². The molecule has 1 aliphatic rings. The van der Waals surface area contributed by atoms with Crippen molar-refractivity contribution in [1.82, 2.24) is 5.32 Å². The zero-order valence-corrected chi connectivity index (χ0v) is 9.77. The van der Waals surface area contributed by atoms with E-state index in [1.807, 2.05) is 0 Å². The lowest BCUT2D eigenvalue weighted by atomic mass is 10.0. The van der Waals surface area contributed by atoms with E-state index in [1.54, 1.807) is 0 Å². The van der Waals surface area contributed by atoms with Crippen molar-refractivity contribution in [2.75, 3.05) is 18.4 Å². The molecule has 3 nitrogen and oxygen atoms in total. The highest BCUT2D eigenvalue weighted by molar-refractivity contribution is 5.93. The van der Waals surface area contributed by atoms with Gasteiger partial charge in [0.05, 0.1) is 11.5 Å². The van der Waals surface area contributed by atoms with E-state index in [0.717, 1.165) is 6.07 Å². The monoisotopic (exact) mass is 258 g/mol. The molecule has 1 amide bonds. The summed E-state index contributed by atoms with van der Waals surface area (Å²) in [6.45, 7) is 2.54. The Balaban J connectivity index is 2.16. The smallest absolute Gasteiger partial charge is 0.326 e. The average Bonchev–Trinajstić information content (AvgIpc) is 2.16. The van der Waals surface area contributed by atoms with E-state index in [4.69, 9.17) is 0 Å². The molecule has 0 aliphatic carbocycles. The molecule has 98 valence electrons. The van der Waals surface area contributed by atoms with Crippen LogP contribution >= 0.6 is 0 Å². The molecular weight excluding hydrogens is 245 g/mol. The molecule has 0 bridgehead atoms. The van der Waals surface area contributed by atoms with Gasteiger partial charge in [-0.05, 0) is 24.6 Å². The van der Waals surface area contributed by atoms with Gasteiger partial charge in [0, 0.05) is 18.8 Å². The summed E-state index contributed by atoms with van der Waals surface area (Å²) in [7, 11) is 0. The Kier molecular flexibility index (Phi) is 3.30. The fourth-order valence-electron chi connectivity index (χ4n) is 1.72. The highest BCUT2D eigenvalue weighted by atomic mass is 19.4. The van der Waals surface area contributed by atoms with Crippen molar-refractivity contribution in [2.45, 2.75) is 13.1 Å². The lowest BCUT2D eigenvalue weighted by molar-refractivity contribution is -0.138. The van der Waals surface area contributed by atoms with Crippen LogP contribution in [0.25, 0.3) is 0 Å². The van der Waals surface area contributed by atoms with E-state index in [0.29, 0.717) is 13.1 Å². The van der Waals surface area contributed by atoms with Crippen LogP contribution in [0.3, 0.4) is 0 Å². The van der Waals surface area contributed by atoms with E-state index >= 15 is 0 Å². The van der Waals surface area contributed by atoms with Gasteiger partial charge in [-0.3, -0.25) is 4.79 Å². The number of halogens is 3. The van der Waals surface area contributed by atoms with Gasteiger partial charge in [0.1, 0.15) is 0 Å². The summed E-state index contributed by atoms with van der Waals surface area (Å²) in [5, 5.41) is 5.44. The zero-order chi connectivity index (χ0) is 13.3. The first-order chi connectivity index (χ1) is 8.38. The van der Waals surface area contributed by atoms with Gasteiger partial charge in [-0.2, -0.15) is 13.2 Å². The van der Waals surface area contributed by atoms with E-state index in [-0.39, 0.29) is 23.1 Å². The number of aryl methyl sites for hydroxylation is 1. The van der Waals surface area contributed by atoms with Crippen LogP contribution in [0.15, 0.2) is 18.2 Å². The SMILES string of the molecule is Cc1ccc(NC(=O)C2CNC2)cc1C(F)(F)F. The van der Waals surface area contributed by atoms with E-state index in [2.05, 4.69) is 10.6 Å². The number of nitrogens with one attached hydrogen (secondary N) is 2. The van der Waals surface area contributed by atoms with E-state index in [1.165, 1.54) is 19.1 Å². The summed E-state index contributed by atoms with van der Waals surface area (Å²) in [6.07, 6.45) is -4.40. The molecule has 1 fully saturated rings. The maximum atomic E-state index is 12.7. The number of carbonyl (C=O) groups is 1. The number of anilines is 1. The van der Waals surface area contributed by atoms with Crippen molar-refractivity contribution < 1.29 is 18.0 Å². The molecule has 1 saturated heterocycles. The predicted molar refractivity (Wildman–Crippen MR) is 61.2 cm³/mol. The van der Waals surface area contributed by atoms with Crippen LogP contribution in [0.1, 0.15) is 11.1 Å². The lowest BCUT2D eigenvalue weighted by Crippen LogP contribution is -2.48. The van der Waals surface area contributed by atoms with Gasteiger partial charge in [-0.15, -0.1) is 0 Å². The maximum absolute atomic E-state index is 12.7. The summed E-state index contributed by atoms with van der Waals surface area (Å²) in [4.78, 5) is 11.6. The number of hydrogen-bond acceptors (Lipinski definition) is 2. The van der Waals surface area contributed by atoms with Crippen LogP contribution in [-0.4, -0.2) is 19.0 Å². The topological polar surface area (TPSA) is 41.1 Å². The highest BCUT2D eigenvalue weighted by Gasteiger charge is 2.33. The van der Waals surface area contributed by atoms with Gasteiger partial charge in [-0.1, -0.05) is 6.07 Å². The minimum Gasteiger partial charge on any atom is -0.326 e. The number of benzene rings is 1.